The van der Waals surface area contributed by atoms with Crippen molar-refractivity contribution in [2.75, 3.05) is 11.4 Å². The Bertz CT molecular complexity index is 1250. The number of benzene rings is 3. The van der Waals surface area contributed by atoms with Crippen LogP contribution < -0.4 is 4.90 Å². The highest BCUT2D eigenvalue weighted by Crippen LogP contribution is 2.34. The van der Waals surface area contributed by atoms with Crippen molar-refractivity contribution in [1.82, 2.24) is 9.55 Å². The molecule has 1 aromatic heterocycles. The SMILES string of the molecule is O=C1CC(c2nc3ccccc3n2Cc2ccccc2F)CN1c1cccc(F)c1. The first-order valence-corrected chi connectivity index (χ1v) is 9.84. The van der Waals surface area contributed by atoms with Gasteiger partial charge >= 0.3 is 0 Å². The molecule has 1 aliphatic rings. The number of fused-ring (bicyclic) bond motifs is 1. The Hall–Kier alpha value is -3.54. The Labute approximate surface area is 172 Å². The Morgan fingerprint density at radius 1 is 0.967 bits per heavy atom. The summed E-state index contributed by atoms with van der Waals surface area (Å²) in [6.45, 7) is 0.732. The van der Waals surface area contributed by atoms with Gasteiger partial charge in [0.2, 0.25) is 5.91 Å². The van der Waals surface area contributed by atoms with Gasteiger partial charge in [-0.1, -0.05) is 36.4 Å². The molecule has 150 valence electrons. The summed E-state index contributed by atoms with van der Waals surface area (Å²) in [5.74, 6) is -0.151. The van der Waals surface area contributed by atoms with Gasteiger partial charge in [0.05, 0.1) is 17.6 Å². The van der Waals surface area contributed by atoms with E-state index in [0.29, 0.717) is 24.3 Å². The van der Waals surface area contributed by atoms with Gasteiger partial charge < -0.3 is 9.47 Å². The summed E-state index contributed by atoms with van der Waals surface area (Å²) in [5, 5.41) is 0. The number of amides is 1. The zero-order valence-corrected chi connectivity index (χ0v) is 16.1. The number of rotatable bonds is 4. The number of carbonyl (C=O) groups is 1. The topological polar surface area (TPSA) is 38.1 Å². The van der Waals surface area contributed by atoms with Gasteiger partial charge in [-0.15, -0.1) is 0 Å². The molecule has 1 saturated heterocycles. The normalized spacial score (nSPS) is 16.5. The van der Waals surface area contributed by atoms with E-state index >= 15 is 0 Å². The van der Waals surface area contributed by atoms with Gasteiger partial charge in [-0.25, -0.2) is 13.8 Å². The summed E-state index contributed by atoms with van der Waals surface area (Å²) in [7, 11) is 0. The van der Waals surface area contributed by atoms with Crippen LogP contribution >= 0.6 is 0 Å². The number of carbonyl (C=O) groups excluding carboxylic acids is 1. The fourth-order valence-corrected chi connectivity index (χ4v) is 4.14. The van der Waals surface area contributed by atoms with E-state index in [-0.39, 0.29) is 29.9 Å². The van der Waals surface area contributed by atoms with Crippen molar-refractivity contribution in [3.05, 3.63) is 95.8 Å². The Balaban J connectivity index is 1.54. The highest BCUT2D eigenvalue weighted by molar-refractivity contribution is 5.96. The molecule has 0 saturated carbocycles. The average Bonchev–Trinajstić information content (AvgIpc) is 3.30. The van der Waals surface area contributed by atoms with E-state index < -0.39 is 0 Å². The first-order valence-electron chi connectivity index (χ1n) is 9.84. The molecule has 6 heteroatoms. The molecule has 1 aliphatic heterocycles. The molecule has 1 atom stereocenters. The van der Waals surface area contributed by atoms with Crippen LogP contribution in [0.2, 0.25) is 0 Å². The van der Waals surface area contributed by atoms with Gasteiger partial charge in [0.15, 0.2) is 0 Å². The van der Waals surface area contributed by atoms with E-state index in [9.17, 15) is 13.6 Å². The lowest BCUT2D eigenvalue weighted by Crippen LogP contribution is -2.24. The fraction of sp³-hybridized carbons (Fsp3) is 0.167. The molecule has 4 nitrogen and oxygen atoms in total. The number of para-hydroxylation sites is 2. The van der Waals surface area contributed by atoms with Gasteiger partial charge in [-0.3, -0.25) is 4.79 Å². The molecule has 0 aliphatic carbocycles. The third-order valence-corrected chi connectivity index (χ3v) is 5.58. The quantitative estimate of drug-likeness (QED) is 0.487. The van der Waals surface area contributed by atoms with Gasteiger partial charge in [0.25, 0.3) is 0 Å². The predicted molar refractivity (Wildman–Crippen MR) is 111 cm³/mol. The summed E-state index contributed by atoms with van der Waals surface area (Å²) in [4.78, 5) is 19.1. The number of aromatic nitrogens is 2. The van der Waals surface area contributed by atoms with Crippen LogP contribution in [0.15, 0.2) is 72.8 Å². The predicted octanol–water partition coefficient (Wildman–Crippen LogP) is 4.88. The van der Waals surface area contributed by atoms with Gasteiger partial charge in [0.1, 0.15) is 17.5 Å². The van der Waals surface area contributed by atoms with E-state index in [1.165, 1.54) is 18.2 Å². The molecule has 1 amide bonds. The van der Waals surface area contributed by atoms with Crippen molar-refractivity contribution in [1.29, 1.82) is 0 Å². The molecule has 0 radical (unpaired) electrons. The summed E-state index contributed by atoms with van der Waals surface area (Å²) < 4.78 is 30.0. The van der Waals surface area contributed by atoms with Crippen LogP contribution in [0.3, 0.4) is 0 Å². The maximum atomic E-state index is 14.3. The third kappa shape index (κ3) is 3.24. The van der Waals surface area contributed by atoms with E-state index in [1.807, 2.05) is 34.9 Å². The van der Waals surface area contributed by atoms with Crippen LogP contribution in [0, 0.1) is 11.6 Å². The average molecular weight is 403 g/mol. The van der Waals surface area contributed by atoms with Gasteiger partial charge in [0, 0.05) is 30.1 Å². The standard InChI is InChI=1S/C24H19F2N3O/c25-18-7-5-8-19(13-18)28-15-17(12-23(28)30)24-27-21-10-3-4-11-22(21)29(24)14-16-6-1-2-9-20(16)26/h1-11,13,17H,12,14-15H2. The number of anilines is 1. The van der Waals surface area contributed by atoms with Crippen molar-refractivity contribution < 1.29 is 13.6 Å². The van der Waals surface area contributed by atoms with E-state index in [2.05, 4.69) is 0 Å². The van der Waals surface area contributed by atoms with Gasteiger partial charge in [-0.05, 0) is 36.4 Å². The Morgan fingerprint density at radius 2 is 1.77 bits per heavy atom. The second-order valence-electron chi connectivity index (χ2n) is 7.52. The fourth-order valence-electron chi connectivity index (χ4n) is 4.14. The third-order valence-electron chi connectivity index (χ3n) is 5.58. The molecule has 1 fully saturated rings. The highest BCUT2D eigenvalue weighted by Gasteiger charge is 2.35. The summed E-state index contributed by atoms with van der Waals surface area (Å²) in [6, 6.07) is 20.4. The number of hydrogen-bond donors (Lipinski definition) is 0. The van der Waals surface area contributed by atoms with E-state index in [0.717, 1.165) is 16.9 Å². The van der Waals surface area contributed by atoms with Gasteiger partial charge in [-0.2, -0.15) is 0 Å². The van der Waals surface area contributed by atoms with E-state index in [4.69, 9.17) is 4.98 Å². The number of nitrogens with zero attached hydrogens (tertiary/aromatic N) is 3. The lowest BCUT2D eigenvalue weighted by atomic mass is 10.1. The molecule has 5 rings (SSSR count). The van der Waals surface area contributed by atoms with E-state index in [1.54, 1.807) is 29.2 Å². The second-order valence-corrected chi connectivity index (χ2v) is 7.52. The highest BCUT2D eigenvalue weighted by atomic mass is 19.1. The van der Waals surface area contributed by atoms with Crippen LogP contribution in [-0.2, 0) is 11.3 Å². The summed E-state index contributed by atoms with van der Waals surface area (Å²) in [5.41, 5.74) is 2.81. The Kier molecular flexibility index (Phi) is 4.54. The zero-order chi connectivity index (χ0) is 20.7. The number of hydrogen-bond acceptors (Lipinski definition) is 2. The number of imidazole rings is 1. The van der Waals surface area contributed by atoms with Crippen molar-refractivity contribution in [3.63, 3.8) is 0 Å². The van der Waals surface area contributed by atoms with Crippen LogP contribution in [0.4, 0.5) is 14.5 Å². The minimum atomic E-state index is -0.379. The smallest absolute Gasteiger partial charge is 0.227 e. The summed E-state index contributed by atoms with van der Waals surface area (Å²) >= 11 is 0. The van der Waals surface area contributed by atoms with Crippen LogP contribution in [0.5, 0.6) is 0 Å². The first-order chi connectivity index (χ1) is 14.6. The van der Waals surface area contributed by atoms with Crippen LogP contribution in [0.25, 0.3) is 11.0 Å². The summed E-state index contributed by atoms with van der Waals surface area (Å²) in [6.07, 6.45) is 0.275. The minimum Gasteiger partial charge on any atom is -0.323 e. The van der Waals surface area contributed by atoms with Crippen molar-refractivity contribution >= 4 is 22.6 Å². The van der Waals surface area contributed by atoms with Crippen LogP contribution in [-0.4, -0.2) is 22.0 Å². The molecule has 3 aromatic carbocycles. The molecular formula is C24H19F2N3O. The Morgan fingerprint density at radius 3 is 2.60 bits per heavy atom. The molecule has 0 bridgehead atoms. The number of halogens is 2. The van der Waals surface area contributed by atoms with Crippen LogP contribution in [0.1, 0.15) is 23.7 Å². The lowest BCUT2D eigenvalue weighted by Gasteiger charge is -2.17. The minimum absolute atomic E-state index is 0.0740. The zero-order valence-electron chi connectivity index (χ0n) is 16.1. The lowest BCUT2D eigenvalue weighted by molar-refractivity contribution is -0.117. The molecular weight excluding hydrogens is 384 g/mol. The monoisotopic (exact) mass is 403 g/mol. The molecule has 30 heavy (non-hydrogen) atoms. The van der Waals surface area contributed by atoms with Crippen molar-refractivity contribution in [2.24, 2.45) is 0 Å². The molecule has 1 unspecified atom stereocenters. The molecule has 2 heterocycles. The van der Waals surface area contributed by atoms with Crippen molar-refractivity contribution in [2.45, 2.75) is 18.9 Å². The molecule has 0 N–H and O–H groups in total. The van der Waals surface area contributed by atoms with Crippen molar-refractivity contribution in [3.8, 4) is 0 Å². The second kappa shape index (κ2) is 7.37. The maximum Gasteiger partial charge on any atom is 0.227 e. The molecule has 4 aromatic rings. The largest absolute Gasteiger partial charge is 0.323 e. The molecule has 0 spiro atoms. The first kappa shape index (κ1) is 18.5. The maximum absolute atomic E-state index is 14.3.